The molecular weight excluding hydrogens is 320 g/mol. The van der Waals surface area contributed by atoms with Crippen molar-refractivity contribution in [1.82, 2.24) is 4.90 Å². The molecule has 1 N–H and O–H groups in total. The first-order valence-corrected chi connectivity index (χ1v) is 10.4. The summed E-state index contributed by atoms with van der Waals surface area (Å²) in [6.45, 7) is 1.65. The first-order chi connectivity index (χ1) is 11.7. The molecule has 3 heterocycles. The molecule has 0 spiro atoms. The summed E-state index contributed by atoms with van der Waals surface area (Å²) in [4.78, 5) is 30.2. The summed E-state index contributed by atoms with van der Waals surface area (Å²) >= 11 is 1.88. The third-order valence-electron chi connectivity index (χ3n) is 6.61. The molecule has 2 aliphatic heterocycles. The number of hydrogen-bond acceptors (Lipinski definition) is 3. The van der Waals surface area contributed by atoms with Gasteiger partial charge in [-0.25, -0.2) is 4.90 Å². The van der Waals surface area contributed by atoms with Crippen molar-refractivity contribution in [1.29, 1.82) is 0 Å². The Bertz CT molecular complexity index is 657. The lowest BCUT2D eigenvalue weighted by Crippen LogP contribution is -3.15. The third-order valence-corrected chi connectivity index (χ3v) is 7.61. The van der Waals surface area contributed by atoms with Crippen molar-refractivity contribution in [3.63, 3.8) is 0 Å². The Morgan fingerprint density at radius 3 is 2.46 bits per heavy atom. The van der Waals surface area contributed by atoms with E-state index in [0.717, 1.165) is 44.6 Å². The molecule has 2 aliphatic carbocycles. The number of carbonyl (C=O) groups excluding carboxylic acids is 2. The molecule has 2 amide bonds. The molecule has 128 valence electrons. The zero-order valence-corrected chi connectivity index (χ0v) is 14.8. The lowest BCUT2D eigenvalue weighted by molar-refractivity contribution is -0.943. The standard InChI is InChI=1S/C19H24N2O2S/c22-18-13-3-1-2-4-14(13)19(23)21(18)11-20-9-7-16-15(8-10-24-16)17(20)12-5-6-12/h8,10,12-14,17H,1-7,9,11H2/p+1/t13-,14+,17-/m0/s1. The van der Waals surface area contributed by atoms with Crippen molar-refractivity contribution in [2.45, 2.75) is 51.0 Å². The average Bonchev–Trinajstić information content (AvgIpc) is 3.28. The van der Waals surface area contributed by atoms with E-state index in [2.05, 4.69) is 11.4 Å². The molecule has 4 atom stereocenters. The van der Waals surface area contributed by atoms with Gasteiger partial charge in [-0.2, -0.15) is 0 Å². The van der Waals surface area contributed by atoms with Gasteiger partial charge in [0.2, 0.25) is 11.8 Å². The Morgan fingerprint density at radius 1 is 1.08 bits per heavy atom. The monoisotopic (exact) mass is 345 g/mol. The zero-order chi connectivity index (χ0) is 16.3. The maximum atomic E-state index is 12.8. The van der Waals surface area contributed by atoms with Gasteiger partial charge >= 0.3 is 0 Å². The van der Waals surface area contributed by atoms with Crippen LogP contribution in [0.25, 0.3) is 0 Å². The highest BCUT2D eigenvalue weighted by atomic mass is 32.1. The molecule has 5 rings (SSSR count). The number of nitrogens with one attached hydrogen (secondary N) is 1. The highest BCUT2D eigenvalue weighted by Crippen LogP contribution is 2.43. The summed E-state index contributed by atoms with van der Waals surface area (Å²) < 4.78 is 0. The molecule has 3 fully saturated rings. The van der Waals surface area contributed by atoms with E-state index in [0.29, 0.717) is 12.7 Å². The van der Waals surface area contributed by atoms with Crippen molar-refractivity contribution in [3.05, 3.63) is 21.9 Å². The molecule has 0 bridgehead atoms. The number of thiophene rings is 1. The van der Waals surface area contributed by atoms with Crippen molar-refractivity contribution in [2.75, 3.05) is 13.2 Å². The van der Waals surface area contributed by atoms with E-state index in [4.69, 9.17) is 0 Å². The van der Waals surface area contributed by atoms with Gasteiger partial charge in [0.1, 0.15) is 6.04 Å². The largest absolute Gasteiger partial charge is 0.311 e. The van der Waals surface area contributed by atoms with E-state index in [1.165, 1.54) is 28.2 Å². The number of hydrogen-bond donors (Lipinski definition) is 1. The number of rotatable bonds is 3. The Morgan fingerprint density at radius 2 is 1.79 bits per heavy atom. The topological polar surface area (TPSA) is 41.8 Å². The Balaban J connectivity index is 1.39. The van der Waals surface area contributed by atoms with Crippen LogP contribution in [0.4, 0.5) is 0 Å². The molecule has 1 unspecified atom stereocenters. The molecule has 2 saturated carbocycles. The van der Waals surface area contributed by atoms with Crippen LogP contribution in [0, 0.1) is 17.8 Å². The number of imide groups is 1. The first-order valence-electron chi connectivity index (χ1n) is 9.50. The number of fused-ring (bicyclic) bond motifs is 2. The maximum Gasteiger partial charge on any atom is 0.237 e. The third kappa shape index (κ3) is 2.28. The molecule has 0 radical (unpaired) electrons. The number of likely N-dealkylation sites (tertiary alicyclic amines) is 1. The number of quaternary nitrogens is 1. The smallest absolute Gasteiger partial charge is 0.237 e. The second kappa shape index (κ2) is 5.67. The molecular formula is C19H25N2O2S+. The zero-order valence-electron chi connectivity index (χ0n) is 14.0. The summed E-state index contributed by atoms with van der Waals surface area (Å²) in [5, 5.41) is 2.21. The summed E-state index contributed by atoms with van der Waals surface area (Å²) in [6, 6.07) is 2.79. The number of nitrogens with zero attached hydrogens (tertiary/aromatic N) is 1. The summed E-state index contributed by atoms with van der Waals surface area (Å²) in [6.07, 6.45) is 7.74. The fraction of sp³-hybridized carbons (Fsp3) is 0.684. The first kappa shape index (κ1) is 15.1. The Kier molecular flexibility index (Phi) is 3.56. The van der Waals surface area contributed by atoms with E-state index in [1.807, 2.05) is 11.3 Å². The van der Waals surface area contributed by atoms with Gasteiger partial charge in [0.25, 0.3) is 0 Å². The molecule has 1 aromatic rings. The molecule has 24 heavy (non-hydrogen) atoms. The van der Waals surface area contributed by atoms with Crippen LogP contribution >= 0.6 is 11.3 Å². The lowest BCUT2D eigenvalue weighted by atomic mass is 9.81. The van der Waals surface area contributed by atoms with Crippen LogP contribution in [-0.4, -0.2) is 29.9 Å². The number of carbonyl (C=O) groups is 2. The predicted molar refractivity (Wildman–Crippen MR) is 91.5 cm³/mol. The van der Waals surface area contributed by atoms with Gasteiger partial charge in [0.05, 0.1) is 18.4 Å². The molecule has 5 heteroatoms. The predicted octanol–water partition coefficient (Wildman–Crippen LogP) is 1.77. The fourth-order valence-electron chi connectivity index (χ4n) is 5.26. The second-order valence-corrected chi connectivity index (χ2v) is 9.03. The summed E-state index contributed by atoms with van der Waals surface area (Å²) in [5.74, 6) is 0.993. The SMILES string of the molecule is O=C1[C@H]2CCCC[C@H]2C(=O)N1C[NH+]1CCc2sccc2[C@@H]1C1CC1. The fourth-order valence-corrected chi connectivity index (χ4v) is 6.19. The normalized spacial score (nSPS) is 35.9. The van der Waals surface area contributed by atoms with Crippen LogP contribution in [0.1, 0.15) is 55.0 Å². The van der Waals surface area contributed by atoms with Crippen LogP contribution in [0.3, 0.4) is 0 Å². The highest BCUT2D eigenvalue weighted by molar-refractivity contribution is 7.10. The number of amides is 2. The van der Waals surface area contributed by atoms with Crippen molar-refractivity contribution in [2.24, 2.45) is 17.8 Å². The van der Waals surface area contributed by atoms with Gasteiger partial charge < -0.3 is 4.90 Å². The van der Waals surface area contributed by atoms with E-state index >= 15 is 0 Å². The minimum Gasteiger partial charge on any atom is -0.311 e. The van der Waals surface area contributed by atoms with E-state index in [1.54, 1.807) is 4.90 Å². The molecule has 4 nitrogen and oxygen atoms in total. The van der Waals surface area contributed by atoms with Crippen molar-refractivity contribution >= 4 is 23.2 Å². The quantitative estimate of drug-likeness (QED) is 0.849. The highest BCUT2D eigenvalue weighted by Gasteiger charge is 2.51. The summed E-state index contributed by atoms with van der Waals surface area (Å²) in [5.41, 5.74) is 1.50. The van der Waals surface area contributed by atoms with Crippen LogP contribution < -0.4 is 4.90 Å². The van der Waals surface area contributed by atoms with Crippen LogP contribution in [-0.2, 0) is 16.0 Å². The van der Waals surface area contributed by atoms with Gasteiger partial charge in [0, 0.05) is 22.8 Å². The van der Waals surface area contributed by atoms with E-state index < -0.39 is 0 Å². The lowest BCUT2D eigenvalue weighted by Gasteiger charge is -2.35. The second-order valence-electron chi connectivity index (χ2n) is 8.03. The van der Waals surface area contributed by atoms with Crippen molar-refractivity contribution < 1.29 is 14.5 Å². The molecule has 1 aromatic heterocycles. The minimum atomic E-state index is -0.00785. The van der Waals surface area contributed by atoms with Gasteiger partial charge in [-0.3, -0.25) is 9.59 Å². The Labute approximate surface area is 146 Å². The van der Waals surface area contributed by atoms with E-state index in [9.17, 15) is 9.59 Å². The maximum absolute atomic E-state index is 12.8. The van der Waals surface area contributed by atoms with Gasteiger partial charge in [0.15, 0.2) is 6.67 Å². The minimum absolute atomic E-state index is 0.00785. The van der Waals surface area contributed by atoms with Crippen LogP contribution in [0.5, 0.6) is 0 Å². The average molecular weight is 345 g/mol. The molecule has 1 saturated heterocycles. The van der Waals surface area contributed by atoms with Gasteiger partial charge in [-0.15, -0.1) is 11.3 Å². The Hall–Kier alpha value is -1.20. The van der Waals surface area contributed by atoms with Crippen LogP contribution in [0.15, 0.2) is 11.4 Å². The van der Waals surface area contributed by atoms with Crippen molar-refractivity contribution in [3.8, 4) is 0 Å². The summed E-state index contributed by atoms with van der Waals surface area (Å²) in [7, 11) is 0. The molecule has 0 aromatic carbocycles. The van der Waals surface area contributed by atoms with E-state index in [-0.39, 0.29) is 23.7 Å². The van der Waals surface area contributed by atoms with Crippen LogP contribution in [0.2, 0.25) is 0 Å². The van der Waals surface area contributed by atoms with Gasteiger partial charge in [-0.1, -0.05) is 12.8 Å². The molecule has 4 aliphatic rings. The van der Waals surface area contributed by atoms with Gasteiger partial charge in [-0.05, 0) is 37.1 Å².